The predicted molar refractivity (Wildman–Crippen MR) is 82.9 cm³/mol. The Labute approximate surface area is 137 Å². The zero-order chi connectivity index (χ0) is 17.9. The normalized spacial score (nSPS) is 11.3. The summed E-state index contributed by atoms with van der Waals surface area (Å²) < 4.78 is 30.1. The lowest BCUT2D eigenvalue weighted by molar-refractivity contribution is -0.386. The molecule has 0 saturated carbocycles. The van der Waals surface area contributed by atoms with E-state index in [4.69, 9.17) is 0 Å². The number of rotatable bonds is 7. The number of hydrogen-bond donors (Lipinski definition) is 0. The van der Waals surface area contributed by atoms with Crippen molar-refractivity contribution in [3.63, 3.8) is 0 Å². The van der Waals surface area contributed by atoms with Crippen LogP contribution in [0.25, 0.3) is 0 Å². The maximum absolute atomic E-state index is 12.1. The highest BCUT2D eigenvalue weighted by molar-refractivity contribution is 5.39. The van der Waals surface area contributed by atoms with Crippen molar-refractivity contribution in [2.75, 3.05) is 7.05 Å². The van der Waals surface area contributed by atoms with Crippen LogP contribution in [0.3, 0.4) is 0 Å². The van der Waals surface area contributed by atoms with E-state index in [1.807, 2.05) is 11.9 Å². The molecular weight excluding hydrogens is 322 g/mol. The highest BCUT2D eigenvalue weighted by Gasteiger charge is 2.22. The first-order valence-corrected chi connectivity index (χ1v) is 7.18. The van der Waals surface area contributed by atoms with Gasteiger partial charge in [-0.3, -0.25) is 15.0 Å². The Morgan fingerprint density at radius 3 is 2.46 bits per heavy atom. The number of nitrogens with zero attached hydrogens (tertiary/aromatic N) is 4. The SMILES string of the molecule is Cc1nn(CN(C)Cc2ccc(OC(F)F)cc2)c(C)c1[N+](=O)[O-]. The summed E-state index contributed by atoms with van der Waals surface area (Å²) in [6.45, 7) is 1.31. The molecule has 7 nitrogen and oxygen atoms in total. The summed E-state index contributed by atoms with van der Waals surface area (Å²) in [6, 6.07) is 6.34. The van der Waals surface area contributed by atoms with Crippen molar-refractivity contribution < 1.29 is 18.4 Å². The molecule has 0 amide bonds. The highest BCUT2D eigenvalue weighted by atomic mass is 19.3. The minimum absolute atomic E-state index is 0.0249. The minimum atomic E-state index is -2.85. The van der Waals surface area contributed by atoms with Gasteiger partial charge < -0.3 is 4.74 Å². The first-order valence-electron chi connectivity index (χ1n) is 7.18. The number of nitro groups is 1. The van der Waals surface area contributed by atoms with Gasteiger partial charge in [-0.1, -0.05) is 12.1 Å². The van der Waals surface area contributed by atoms with E-state index in [0.717, 1.165) is 5.56 Å². The molecule has 0 saturated heterocycles. The van der Waals surface area contributed by atoms with Gasteiger partial charge in [-0.15, -0.1) is 0 Å². The molecule has 24 heavy (non-hydrogen) atoms. The second-order valence-electron chi connectivity index (χ2n) is 5.45. The number of hydrogen-bond acceptors (Lipinski definition) is 5. The molecule has 2 rings (SSSR count). The molecule has 0 spiro atoms. The van der Waals surface area contributed by atoms with Crippen molar-refractivity contribution in [2.45, 2.75) is 33.7 Å². The van der Waals surface area contributed by atoms with Crippen LogP contribution in [0.1, 0.15) is 17.0 Å². The van der Waals surface area contributed by atoms with Crippen LogP contribution in [0, 0.1) is 24.0 Å². The molecule has 9 heteroatoms. The Balaban J connectivity index is 2.02. The Morgan fingerprint density at radius 1 is 1.33 bits per heavy atom. The van der Waals surface area contributed by atoms with E-state index >= 15 is 0 Å². The van der Waals surface area contributed by atoms with Gasteiger partial charge in [-0.05, 0) is 38.6 Å². The fraction of sp³-hybridized carbons (Fsp3) is 0.400. The fourth-order valence-electron chi connectivity index (χ4n) is 2.46. The van der Waals surface area contributed by atoms with Gasteiger partial charge in [0.15, 0.2) is 0 Å². The molecule has 1 aromatic carbocycles. The molecule has 0 unspecified atom stereocenters. The summed E-state index contributed by atoms with van der Waals surface area (Å²) in [7, 11) is 1.84. The molecule has 2 aromatic rings. The van der Waals surface area contributed by atoms with E-state index in [9.17, 15) is 18.9 Å². The summed E-state index contributed by atoms with van der Waals surface area (Å²) in [5.74, 6) is 0.102. The van der Waals surface area contributed by atoms with E-state index < -0.39 is 11.5 Å². The number of alkyl halides is 2. The van der Waals surface area contributed by atoms with Crippen molar-refractivity contribution in [2.24, 2.45) is 0 Å². The van der Waals surface area contributed by atoms with Crippen molar-refractivity contribution in [3.8, 4) is 5.75 Å². The summed E-state index contributed by atoms with van der Waals surface area (Å²) in [4.78, 5) is 12.5. The largest absolute Gasteiger partial charge is 0.435 e. The number of aromatic nitrogens is 2. The van der Waals surface area contributed by atoms with E-state index in [0.29, 0.717) is 24.6 Å². The molecule has 1 heterocycles. The van der Waals surface area contributed by atoms with Gasteiger partial charge >= 0.3 is 12.3 Å². The molecule has 0 radical (unpaired) electrons. The lowest BCUT2D eigenvalue weighted by atomic mass is 10.2. The van der Waals surface area contributed by atoms with Gasteiger partial charge in [0, 0.05) is 6.54 Å². The zero-order valence-electron chi connectivity index (χ0n) is 13.6. The molecule has 130 valence electrons. The summed E-state index contributed by atoms with van der Waals surface area (Å²) in [5, 5.41) is 15.2. The lowest BCUT2D eigenvalue weighted by Crippen LogP contribution is -2.23. The average molecular weight is 340 g/mol. The lowest BCUT2D eigenvalue weighted by Gasteiger charge is -2.17. The Bertz CT molecular complexity index is 716. The molecule has 0 atom stereocenters. The van der Waals surface area contributed by atoms with Crippen molar-refractivity contribution in [1.29, 1.82) is 0 Å². The van der Waals surface area contributed by atoms with Gasteiger partial charge in [0.25, 0.3) is 0 Å². The van der Waals surface area contributed by atoms with Gasteiger partial charge in [0.05, 0.1) is 11.6 Å². The Morgan fingerprint density at radius 2 is 1.96 bits per heavy atom. The number of benzene rings is 1. The summed E-state index contributed by atoms with van der Waals surface area (Å²) >= 11 is 0. The molecule has 0 aliphatic heterocycles. The Kier molecular flexibility index (Phi) is 5.45. The van der Waals surface area contributed by atoms with Crippen LogP contribution >= 0.6 is 0 Å². The topological polar surface area (TPSA) is 73.4 Å². The van der Waals surface area contributed by atoms with E-state index in [2.05, 4.69) is 9.84 Å². The zero-order valence-corrected chi connectivity index (χ0v) is 13.6. The second-order valence-corrected chi connectivity index (χ2v) is 5.45. The number of aryl methyl sites for hydroxylation is 1. The molecule has 0 aliphatic rings. The van der Waals surface area contributed by atoms with Gasteiger partial charge in [0.2, 0.25) is 0 Å². The van der Waals surface area contributed by atoms with Gasteiger partial charge in [0.1, 0.15) is 17.1 Å². The molecule has 0 fully saturated rings. The summed E-state index contributed by atoms with van der Waals surface area (Å²) in [5.41, 5.74) is 1.79. The highest BCUT2D eigenvalue weighted by Crippen LogP contribution is 2.22. The molecule has 0 aliphatic carbocycles. The van der Waals surface area contributed by atoms with Crippen molar-refractivity contribution >= 4 is 5.69 Å². The van der Waals surface area contributed by atoms with Crippen LogP contribution in [0.5, 0.6) is 5.75 Å². The maximum atomic E-state index is 12.1. The molecule has 1 aromatic heterocycles. The van der Waals surface area contributed by atoms with E-state index in [1.165, 1.54) is 12.1 Å². The smallest absolute Gasteiger partial charge is 0.387 e. The van der Waals surface area contributed by atoms with Gasteiger partial charge in [-0.25, -0.2) is 4.68 Å². The van der Waals surface area contributed by atoms with Crippen molar-refractivity contribution in [1.82, 2.24) is 14.7 Å². The quantitative estimate of drug-likeness (QED) is 0.572. The summed E-state index contributed by atoms with van der Waals surface area (Å²) in [6.07, 6.45) is 0. The van der Waals surface area contributed by atoms with Gasteiger partial charge in [-0.2, -0.15) is 13.9 Å². The van der Waals surface area contributed by atoms with E-state index in [1.54, 1.807) is 30.7 Å². The van der Waals surface area contributed by atoms with Crippen LogP contribution in [-0.4, -0.2) is 33.3 Å². The first-order chi connectivity index (χ1) is 11.3. The third kappa shape index (κ3) is 4.25. The molecule has 0 N–H and O–H groups in total. The maximum Gasteiger partial charge on any atom is 0.387 e. The monoisotopic (exact) mass is 340 g/mol. The first kappa shape index (κ1) is 17.8. The minimum Gasteiger partial charge on any atom is -0.435 e. The standard InChI is InChI=1S/C15H18F2N4O3/c1-10-14(21(22)23)11(2)20(18-10)9-19(3)8-12-4-6-13(7-5-12)24-15(16)17/h4-7,15H,8-9H2,1-3H3. The van der Waals surface area contributed by atoms with Crippen molar-refractivity contribution in [3.05, 3.63) is 51.3 Å². The van der Waals surface area contributed by atoms with Crippen LogP contribution in [-0.2, 0) is 13.2 Å². The second kappa shape index (κ2) is 7.35. The Hall–Kier alpha value is -2.55. The number of ether oxygens (including phenoxy) is 1. The van der Waals surface area contributed by atoms with Crippen LogP contribution < -0.4 is 4.74 Å². The van der Waals surface area contributed by atoms with Crippen LogP contribution in [0.15, 0.2) is 24.3 Å². The fourth-order valence-corrected chi connectivity index (χ4v) is 2.46. The van der Waals surface area contributed by atoms with Crippen LogP contribution in [0.4, 0.5) is 14.5 Å². The molecule has 0 bridgehead atoms. The van der Waals surface area contributed by atoms with E-state index in [-0.39, 0.29) is 11.4 Å². The van der Waals surface area contributed by atoms with Crippen LogP contribution in [0.2, 0.25) is 0 Å². The third-order valence-corrected chi connectivity index (χ3v) is 3.50. The average Bonchev–Trinajstić information content (AvgIpc) is 2.74. The predicted octanol–water partition coefficient (Wildman–Crippen LogP) is 3.10. The molecular formula is C15H18F2N4O3. The number of halogens is 2. The third-order valence-electron chi connectivity index (χ3n) is 3.50.